The third-order valence-corrected chi connectivity index (χ3v) is 2.78. The number of hydrogen-bond donors (Lipinski definition) is 1. The van der Waals surface area contributed by atoms with Gasteiger partial charge in [-0.3, -0.25) is 5.43 Å². The summed E-state index contributed by atoms with van der Waals surface area (Å²) in [4.78, 5) is 0. The Morgan fingerprint density at radius 3 is 2.53 bits per heavy atom. The Morgan fingerprint density at radius 1 is 1.13 bits per heavy atom. The first-order valence-electron chi connectivity index (χ1n) is 6.35. The molecule has 1 aliphatic heterocycles. The average Bonchev–Trinajstić information content (AvgIpc) is 2.24. The third-order valence-electron chi connectivity index (χ3n) is 2.78. The van der Waals surface area contributed by atoms with Gasteiger partial charge in [0.1, 0.15) is 0 Å². The summed E-state index contributed by atoms with van der Waals surface area (Å²) in [6.45, 7) is 9.56. The van der Waals surface area contributed by atoms with Crippen molar-refractivity contribution in [1.29, 1.82) is 0 Å². The highest BCUT2D eigenvalue weighted by atomic mass is 16.5. The molecule has 0 aromatic carbocycles. The monoisotopic (exact) mass is 214 g/mol. The molecule has 0 unspecified atom stereocenters. The van der Waals surface area contributed by atoms with Gasteiger partial charge in [-0.2, -0.15) is 0 Å². The van der Waals surface area contributed by atoms with E-state index >= 15 is 0 Å². The van der Waals surface area contributed by atoms with E-state index in [0.29, 0.717) is 0 Å². The Hall–Kier alpha value is -0.120. The van der Waals surface area contributed by atoms with E-state index in [1.807, 2.05) is 0 Å². The largest absolute Gasteiger partial charge is 0.380 e. The molecule has 0 bridgehead atoms. The lowest BCUT2D eigenvalue weighted by atomic mass is 10.1. The van der Waals surface area contributed by atoms with E-state index in [-0.39, 0.29) is 0 Å². The molecule has 15 heavy (non-hydrogen) atoms. The molecule has 0 aromatic heterocycles. The molecular formula is C12H26N2O. The fraction of sp³-hybridized carbons (Fsp3) is 1.00. The number of ether oxygens (including phenoxy) is 1. The van der Waals surface area contributed by atoms with Crippen LogP contribution >= 0.6 is 0 Å². The minimum absolute atomic E-state index is 0.750. The quantitative estimate of drug-likeness (QED) is 0.656. The van der Waals surface area contributed by atoms with Crippen LogP contribution in [0.2, 0.25) is 0 Å². The molecular weight excluding hydrogens is 188 g/mol. The number of nitrogens with one attached hydrogen (secondary N) is 1. The second kappa shape index (κ2) is 8.08. The third kappa shape index (κ3) is 6.88. The van der Waals surface area contributed by atoms with Crippen molar-refractivity contribution >= 4 is 0 Å². The Kier molecular flexibility index (Phi) is 6.98. The van der Waals surface area contributed by atoms with E-state index in [2.05, 4.69) is 24.3 Å². The van der Waals surface area contributed by atoms with Crippen LogP contribution in [0.3, 0.4) is 0 Å². The Bertz CT molecular complexity index is 145. The maximum absolute atomic E-state index is 5.55. The fourth-order valence-corrected chi connectivity index (χ4v) is 1.75. The van der Waals surface area contributed by atoms with Crippen molar-refractivity contribution in [3.05, 3.63) is 0 Å². The van der Waals surface area contributed by atoms with Gasteiger partial charge >= 0.3 is 0 Å². The highest BCUT2D eigenvalue weighted by Gasteiger charge is 2.08. The normalized spacial score (nSPS) is 18.6. The highest BCUT2D eigenvalue weighted by Crippen LogP contribution is 2.05. The van der Waals surface area contributed by atoms with Crippen LogP contribution in [0.5, 0.6) is 0 Å². The van der Waals surface area contributed by atoms with Gasteiger partial charge in [0.2, 0.25) is 0 Å². The Balaban J connectivity index is 1.83. The van der Waals surface area contributed by atoms with Gasteiger partial charge in [0, 0.05) is 26.2 Å². The molecule has 0 amide bonds. The molecule has 1 saturated heterocycles. The van der Waals surface area contributed by atoms with E-state index in [4.69, 9.17) is 4.74 Å². The summed E-state index contributed by atoms with van der Waals surface area (Å²) in [5, 5.41) is 2.33. The van der Waals surface area contributed by atoms with E-state index in [0.717, 1.165) is 25.7 Å². The van der Waals surface area contributed by atoms with E-state index < -0.39 is 0 Å². The summed E-state index contributed by atoms with van der Waals surface area (Å²) in [6, 6.07) is 0. The molecule has 0 saturated carbocycles. The van der Waals surface area contributed by atoms with Crippen molar-refractivity contribution in [2.45, 2.75) is 39.5 Å². The van der Waals surface area contributed by atoms with Crippen LogP contribution in [-0.2, 0) is 4.74 Å². The maximum Gasteiger partial charge on any atom is 0.0604 e. The highest BCUT2D eigenvalue weighted by molar-refractivity contribution is 4.60. The second-order valence-corrected chi connectivity index (χ2v) is 4.75. The lowest BCUT2D eigenvalue weighted by molar-refractivity contribution is 0.0910. The molecule has 0 aromatic rings. The first kappa shape index (κ1) is 12.9. The van der Waals surface area contributed by atoms with Crippen LogP contribution in [-0.4, -0.2) is 37.9 Å². The zero-order valence-electron chi connectivity index (χ0n) is 10.3. The van der Waals surface area contributed by atoms with E-state index in [1.165, 1.54) is 38.8 Å². The standard InChI is InChI=1S/C12H26N2O/c1-12(2)6-10-15-11-7-13-14-8-4-3-5-9-14/h12-13H,3-11H2,1-2H3. The molecule has 3 nitrogen and oxygen atoms in total. The summed E-state index contributed by atoms with van der Waals surface area (Å²) < 4.78 is 5.55. The summed E-state index contributed by atoms with van der Waals surface area (Å²) >= 11 is 0. The number of nitrogens with zero attached hydrogens (tertiary/aromatic N) is 1. The van der Waals surface area contributed by atoms with Crippen molar-refractivity contribution < 1.29 is 4.74 Å². The van der Waals surface area contributed by atoms with Crippen molar-refractivity contribution in [2.24, 2.45) is 5.92 Å². The first-order chi connectivity index (χ1) is 7.29. The van der Waals surface area contributed by atoms with E-state index in [1.54, 1.807) is 0 Å². The predicted molar refractivity (Wildman–Crippen MR) is 63.7 cm³/mol. The van der Waals surface area contributed by atoms with Gasteiger partial charge in [-0.15, -0.1) is 0 Å². The van der Waals surface area contributed by atoms with Crippen LogP contribution in [0.15, 0.2) is 0 Å². The topological polar surface area (TPSA) is 24.5 Å². The second-order valence-electron chi connectivity index (χ2n) is 4.75. The molecule has 3 heteroatoms. The lowest BCUT2D eigenvalue weighted by Gasteiger charge is -2.27. The first-order valence-corrected chi connectivity index (χ1v) is 6.35. The Labute approximate surface area is 94.1 Å². The zero-order chi connectivity index (χ0) is 10.9. The van der Waals surface area contributed by atoms with Gasteiger partial charge in [-0.25, -0.2) is 5.01 Å². The predicted octanol–water partition coefficient (Wildman–Crippen LogP) is 2.04. The van der Waals surface area contributed by atoms with Gasteiger partial charge in [0.25, 0.3) is 0 Å². The van der Waals surface area contributed by atoms with Crippen LogP contribution in [0, 0.1) is 5.92 Å². The smallest absolute Gasteiger partial charge is 0.0604 e. The summed E-state index contributed by atoms with van der Waals surface area (Å²) in [6.07, 6.45) is 5.23. The molecule has 1 fully saturated rings. The lowest BCUT2D eigenvalue weighted by Crippen LogP contribution is -2.43. The maximum atomic E-state index is 5.55. The fourth-order valence-electron chi connectivity index (χ4n) is 1.75. The van der Waals surface area contributed by atoms with Crippen LogP contribution in [0.1, 0.15) is 39.5 Å². The van der Waals surface area contributed by atoms with Gasteiger partial charge in [-0.1, -0.05) is 20.3 Å². The zero-order valence-corrected chi connectivity index (χ0v) is 10.3. The SMILES string of the molecule is CC(C)CCOCCNN1CCCCC1. The molecule has 1 rings (SSSR count). The average molecular weight is 214 g/mol. The minimum Gasteiger partial charge on any atom is -0.380 e. The molecule has 0 radical (unpaired) electrons. The van der Waals surface area contributed by atoms with Crippen LogP contribution in [0.4, 0.5) is 0 Å². The number of hydrazine groups is 1. The van der Waals surface area contributed by atoms with Crippen molar-refractivity contribution in [3.8, 4) is 0 Å². The molecule has 0 aliphatic carbocycles. The van der Waals surface area contributed by atoms with Gasteiger partial charge < -0.3 is 4.74 Å². The summed E-state index contributed by atoms with van der Waals surface area (Å²) in [7, 11) is 0. The number of hydrogen-bond acceptors (Lipinski definition) is 3. The molecule has 1 aliphatic rings. The van der Waals surface area contributed by atoms with Gasteiger partial charge in [0.15, 0.2) is 0 Å². The number of rotatable bonds is 7. The van der Waals surface area contributed by atoms with Crippen molar-refractivity contribution in [3.63, 3.8) is 0 Å². The van der Waals surface area contributed by atoms with Crippen LogP contribution in [0.25, 0.3) is 0 Å². The summed E-state index contributed by atoms with van der Waals surface area (Å²) in [5.41, 5.74) is 3.42. The van der Waals surface area contributed by atoms with E-state index in [9.17, 15) is 0 Å². The van der Waals surface area contributed by atoms with Gasteiger partial charge in [-0.05, 0) is 25.2 Å². The van der Waals surface area contributed by atoms with Crippen molar-refractivity contribution in [1.82, 2.24) is 10.4 Å². The Morgan fingerprint density at radius 2 is 1.87 bits per heavy atom. The molecule has 0 spiro atoms. The van der Waals surface area contributed by atoms with Crippen molar-refractivity contribution in [2.75, 3.05) is 32.8 Å². The number of piperidine rings is 1. The minimum atomic E-state index is 0.750. The van der Waals surface area contributed by atoms with Gasteiger partial charge in [0.05, 0.1) is 6.61 Å². The molecule has 0 atom stereocenters. The molecule has 1 heterocycles. The summed E-state index contributed by atoms with van der Waals surface area (Å²) in [5.74, 6) is 0.750. The van der Waals surface area contributed by atoms with Crippen LogP contribution < -0.4 is 5.43 Å². The molecule has 1 N–H and O–H groups in total. The molecule has 90 valence electrons.